The van der Waals surface area contributed by atoms with Crippen LogP contribution in [0.2, 0.25) is 0 Å². The van der Waals surface area contributed by atoms with Crippen molar-refractivity contribution in [3.63, 3.8) is 0 Å². The molecule has 5 nitrogen and oxygen atoms in total. The number of carboxylic acid groups (broad SMARTS) is 1. The summed E-state index contributed by atoms with van der Waals surface area (Å²) >= 11 is 17.4. The molecular weight excluding hydrogens is 325 g/mol. The summed E-state index contributed by atoms with van der Waals surface area (Å²) in [6, 6.07) is 2.07. The lowest BCUT2D eigenvalue weighted by molar-refractivity contribution is -0.139. The van der Waals surface area contributed by atoms with Gasteiger partial charge in [-0.3, -0.25) is 0 Å². The molecule has 0 aliphatic carbocycles. The summed E-state index contributed by atoms with van der Waals surface area (Å²) in [6.45, 7) is -0.472. The van der Waals surface area contributed by atoms with E-state index in [-0.39, 0.29) is 0 Å². The van der Waals surface area contributed by atoms with Crippen LogP contribution in [-0.2, 0) is 9.53 Å². The Balaban J connectivity index is 2.58. The second kappa shape index (κ2) is 6.47. The van der Waals surface area contributed by atoms with Crippen molar-refractivity contribution in [1.29, 1.82) is 0 Å². The van der Waals surface area contributed by atoms with Gasteiger partial charge in [-0.25, -0.2) is 9.59 Å². The Kier molecular flexibility index (Phi) is 5.52. The molecule has 0 radical (unpaired) electrons. The predicted octanol–water partition coefficient (Wildman–Crippen LogP) is 2.97. The Morgan fingerprint density at radius 2 is 2.17 bits per heavy atom. The molecule has 0 saturated heterocycles. The summed E-state index contributed by atoms with van der Waals surface area (Å²) in [5, 5.41) is 12.8. The van der Waals surface area contributed by atoms with E-state index in [1.165, 1.54) is 11.3 Å². The number of rotatable bonds is 4. The first-order chi connectivity index (χ1) is 8.29. The van der Waals surface area contributed by atoms with Crippen LogP contribution in [-0.4, -0.2) is 27.6 Å². The molecule has 100 valence electrons. The maximum Gasteiger partial charge on any atom is 0.408 e. The maximum atomic E-state index is 11.3. The number of carbonyl (C=O) groups is 2. The van der Waals surface area contributed by atoms with E-state index in [2.05, 4.69) is 10.1 Å². The van der Waals surface area contributed by atoms with Crippen molar-refractivity contribution in [3.05, 3.63) is 22.4 Å². The van der Waals surface area contributed by atoms with E-state index < -0.39 is 28.5 Å². The van der Waals surface area contributed by atoms with Crippen LogP contribution in [0.4, 0.5) is 4.79 Å². The number of halogens is 3. The van der Waals surface area contributed by atoms with E-state index in [1.54, 1.807) is 17.5 Å². The molecule has 1 aromatic heterocycles. The number of hydrogen-bond donors (Lipinski definition) is 2. The van der Waals surface area contributed by atoms with Crippen molar-refractivity contribution in [3.8, 4) is 0 Å². The lowest BCUT2D eigenvalue weighted by Gasteiger charge is -2.15. The smallest absolute Gasteiger partial charge is 0.408 e. The Labute approximate surface area is 122 Å². The first kappa shape index (κ1) is 15.4. The highest BCUT2D eigenvalue weighted by Crippen LogP contribution is 2.26. The second-order valence-corrected chi connectivity index (χ2v) is 6.62. The van der Waals surface area contributed by atoms with Crippen LogP contribution in [0.5, 0.6) is 0 Å². The van der Waals surface area contributed by atoms with Gasteiger partial charge in [0, 0.05) is 4.88 Å². The van der Waals surface area contributed by atoms with Crippen molar-refractivity contribution in [2.75, 3.05) is 6.61 Å². The molecule has 0 spiro atoms. The Bertz CT molecular complexity index is 418. The maximum absolute atomic E-state index is 11.3. The number of alkyl halides is 3. The van der Waals surface area contributed by atoms with Gasteiger partial charge in [0.2, 0.25) is 3.79 Å². The molecule has 9 heteroatoms. The number of carbonyl (C=O) groups excluding carboxylic acids is 1. The van der Waals surface area contributed by atoms with Crippen LogP contribution in [0.1, 0.15) is 10.9 Å². The zero-order chi connectivity index (χ0) is 13.8. The number of aliphatic carboxylic acids is 1. The second-order valence-electron chi connectivity index (χ2n) is 3.12. The van der Waals surface area contributed by atoms with Gasteiger partial charge in [0.15, 0.2) is 6.04 Å². The average molecular weight is 333 g/mol. The topological polar surface area (TPSA) is 75.6 Å². The molecule has 1 amide bonds. The number of hydrogen-bond acceptors (Lipinski definition) is 4. The number of alkyl carbamates (subject to hydrolysis) is 1. The highest BCUT2D eigenvalue weighted by atomic mass is 35.6. The third kappa shape index (κ3) is 5.30. The molecule has 0 aliphatic rings. The fourth-order valence-corrected chi connectivity index (χ4v) is 1.95. The Morgan fingerprint density at radius 3 is 2.61 bits per heavy atom. The van der Waals surface area contributed by atoms with Gasteiger partial charge in [-0.2, -0.15) is 0 Å². The molecule has 0 bridgehead atoms. The molecule has 18 heavy (non-hydrogen) atoms. The van der Waals surface area contributed by atoms with Crippen LogP contribution >= 0.6 is 46.1 Å². The highest BCUT2D eigenvalue weighted by Gasteiger charge is 2.26. The fourth-order valence-electron chi connectivity index (χ4n) is 1.02. The van der Waals surface area contributed by atoms with Gasteiger partial charge < -0.3 is 15.2 Å². The monoisotopic (exact) mass is 331 g/mol. The molecule has 2 N–H and O–H groups in total. The standard InChI is InChI=1S/C9H8Cl3NO4S/c10-9(11,12)4-17-8(16)13-6(7(14)15)5-2-1-3-18-5/h1-3,6H,4H2,(H,13,16)(H,14,15). The zero-order valence-electron chi connectivity index (χ0n) is 8.73. The third-order valence-electron chi connectivity index (χ3n) is 1.70. The Hall–Kier alpha value is -0.690. The van der Waals surface area contributed by atoms with Gasteiger partial charge in [-0.1, -0.05) is 40.9 Å². The predicted molar refractivity (Wildman–Crippen MR) is 69.5 cm³/mol. The number of carboxylic acids is 1. The average Bonchev–Trinajstić information content (AvgIpc) is 2.74. The van der Waals surface area contributed by atoms with Gasteiger partial charge in [0.05, 0.1) is 0 Å². The lowest BCUT2D eigenvalue weighted by atomic mass is 10.2. The summed E-state index contributed by atoms with van der Waals surface area (Å²) in [4.78, 5) is 22.8. The number of ether oxygens (including phenoxy) is 1. The quantitative estimate of drug-likeness (QED) is 0.831. The molecular formula is C9H8Cl3NO4S. The van der Waals surface area contributed by atoms with Crippen LogP contribution in [0.3, 0.4) is 0 Å². The fraction of sp³-hybridized carbons (Fsp3) is 0.333. The van der Waals surface area contributed by atoms with Gasteiger partial charge in [-0.05, 0) is 11.4 Å². The van der Waals surface area contributed by atoms with Gasteiger partial charge in [0.1, 0.15) is 6.61 Å². The minimum Gasteiger partial charge on any atom is -0.479 e. The normalized spacial score (nSPS) is 12.8. The zero-order valence-corrected chi connectivity index (χ0v) is 11.8. The molecule has 1 rings (SSSR count). The summed E-state index contributed by atoms with van der Waals surface area (Å²) in [5.74, 6) is -1.21. The van der Waals surface area contributed by atoms with Crippen molar-refractivity contribution in [2.24, 2.45) is 0 Å². The molecule has 0 fully saturated rings. The molecule has 1 atom stereocenters. The molecule has 1 heterocycles. The van der Waals surface area contributed by atoms with E-state index in [0.29, 0.717) is 4.88 Å². The van der Waals surface area contributed by atoms with Crippen LogP contribution in [0.15, 0.2) is 17.5 Å². The van der Waals surface area contributed by atoms with Crippen LogP contribution in [0, 0.1) is 0 Å². The van der Waals surface area contributed by atoms with Crippen molar-refractivity contribution >= 4 is 58.2 Å². The Morgan fingerprint density at radius 1 is 1.50 bits per heavy atom. The van der Waals surface area contributed by atoms with E-state index >= 15 is 0 Å². The highest BCUT2D eigenvalue weighted by molar-refractivity contribution is 7.10. The molecule has 0 aliphatic heterocycles. The van der Waals surface area contributed by atoms with Crippen molar-refractivity contribution < 1.29 is 19.4 Å². The van der Waals surface area contributed by atoms with Gasteiger partial charge in [-0.15, -0.1) is 11.3 Å². The van der Waals surface area contributed by atoms with Crippen molar-refractivity contribution in [1.82, 2.24) is 5.32 Å². The summed E-state index contributed by atoms with van der Waals surface area (Å²) in [5.41, 5.74) is 0. The number of amides is 1. The minimum atomic E-state index is -1.74. The SMILES string of the molecule is O=C(NC(C(=O)O)c1cccs1)OCC(Cl)(Cl)Cl. The van der Waals surface area contributed by atoms with Gasteiger partial charge in [0.25, 0.3) is 0 Å². The molecule has 1 aromatic rings. The molecule has 1 unspecified atom stereocenters. The summed E-state index contributed by atoms with van der Waals surface area (Å²) < 4.78 is 2.84. The largest absolute Gasteiger partial charge is 0.479 e. The number of thiophene rings is 1. The molecule has 0 aromatic carbocycles. The van der Waals surface area contributed by atoms with E-state index in [9.17, 15) is 9.59 Å². The summed E-state index contributed by atoms with van der Waals surface area (Å²) in [6.07, 6.45) is -0.970. The third-order valence-corrected chi connectivity index (χ3v) is 2.97. The summed E-state index contributed by atoms with van der Waals surface area (Å²) in [7, 11) is 0. The first-order valence-corrected chi connectivity index (χ1v) is 6.57. The number of nitrogens with one attached hydrogen (secondary N) is 1. The van der Waals surface area contributed by atoms with Crippen LogP contribution < -0.4 is 5.32 Å². The van der Waals surface area contributed by atoms with E-state index in [1.807, 2.05) is 0 Å². The van der Waals surface area contributed by atoms with Crippen molar-refractivity contribution in [2.45, 2.75) is 9.83 Å². The van der Waals surface area contributed by atoms with E-state index in [4.69, 9.17) is 39.9 Å². The van der Waals surface area contributed by atoms with E-state index in [0.717, 1.165) is 0 Å². The molecule has 0 saturated carbocycles. The lowest BCUT2D eigenvalue weighted by Crippen LogP contribution is -2.35. The first-order valence-electron chi connectivity index (χ1n) is 4.56. The van der Waals surface area contributed by atoms with Gasteiger partial charge >= 0.3 is 12.1 Å². The van der Waals surface area contributed by atoms with Crippen LogP contribution in [0.25, 0.3) is 0 Å². The minimum absolute atomic E-state index is 0.466.